The zero-order valence-electron chi connectivity index (χ0n) is 9.52. The minimum absolute atomic E-state index is 0.0470. The Hall–Kier alpha value is -0.260. The highest BCUT2D eigenvalue weighted by atomic mass is 33.2. The van der Waals surface area contributed by atoms with E-state index in [1.807, 2.05) is 30.3 Å². The Labute approximate surface area is 119 Å². The zero-order valence-corrected chi connectivity index (χ0v) is 12.9. The second kappa shape index (κ2) is 8.02. The fourth-order valence-electron chi connectivity index (χ4n) is 1.09. The lowest BCUT2D eigenvalue weighted by molar-refractivity contribution is -0.135. The maximum atomic E-state index is 11.0. The fourth-order valence-corrected chi connectivity index (χ4v) is 7.99. The van der Waals surface area contributed by atoms with Crippen molar-refractivity contribution in [1.82, 2.24) is 0 Å². The molecular formula is C11H13O3PS3. The summed E-state index contributed by atoms with van der Waals surface area (Å²) in [6.07, 6.45) is 1.12. The van der Waals surface area contributed by atoms with Crippen molar-refractivity contribution in [1.29, 1.82) is 0 Å². The van der Waals surface area contributed by atoms with Crippen LogP contribution >= 0.6 is 27.2 Å². The summed E-state index contributed by atoms with van der Waals surface area (Å²) in [6.45, 7) is 3.32. The van der Waals surface area contributed by atoms with E-state index in [-0.39, 0.29) is 11.9 Å². The quantitative estimate of drug-likeness (QED) is 0.361. The largest absolute Gasteiger partial charge is 0.451 e. The van der Waals surface area contributed by atoms with Gasteiger partial charge in [-0.25, -0.2) is 4.79 Å². The molecule has 1 N–H and O–H groups in total. The summed E-state index contributed by atoms with van der Waals surface area (Å²) in [5, 5.41) is 10.1. The topological polar surface area (TPSA) is 46.5 Å². The molecule has 0 aromatic heterocycles. The molecule has 0 aliphatic heterocycles. The normalized spacial score (nSPS) is 13.6. The van der Waals surface area contributed by atoms with E-state index in [0.29, 0.717) is 0 Å². The number of benzene rings is 1. The molecular weight excluding hydrogens is 307 g/mol. The van der Waals surface area contributed by atoms with Crippen LogP contribution in [-0.2, 0) is 21.3 Å². The van der Waals surface area contributed by atoms with Gasteiger partial charge in [-0.3, -0.25) is 0 Å². The average Bonchev–Trinajstić information content (AvgIpc) is 2.40. The van der Waals surface area contributed by atoms with Crippen LogP contribution in [0.1, 0.15) is 0 Å². The standard InChI is InChI=1S/C11H13O3PS3/c1-2-11(13)14-9-18-15(16,17-8-12)10-6-4-3-5-7-10/h2-7,12H,1,8-9H2. The molecule has 0 bridgehead atoms. The molecule has 0 radical (unpaired) electrons. The van der Waals surface area contributed by atoms with Crippen LogP contribution in [0.3, 0.4) is 0 Å². The van der Waals surface area contributed by atoms with Gasteiger partial charge < -0.3 is 9.84 Å². The lowest BCUT2D eigenvalue weighted by Crippen LogP contribution is -2.03. The first-order chi connectivity index (χ1) is 8.62. The van der Waals surface area contributed by atoms with E-state index in [9.17, 15) is 4.79 Å². The minimum Gasteiger partial charge on any atom is -0.451 e. The number of carbonyl (C=O) groups is 1. The second-order valence-corrected chi connectivity index (χ2v) is 14.1. The summed E-state index contributed by atoms with van der Waals surface area (Å²) < 4.78 is 2.89. The summed E-state index contributed by atoms with van der Waals surface area (Å²) in [5.74, 6) is -0.343. The van der Waals surface area contributed by atoms with Gasteiger partial charge in [-0.15, -0.1) is 0 Å². The Bertz CT molecular complexity index is 450. The maximum absolute atomic E-state index is 11.0. The van der Waals surface area contributed by atoms with Crippen LogP contribution in [0.2, 0.25) is 0 Å². The van der Waals surface area contributed by atoms with Crippen LogP contribution in [0.25, 0.3) is 0 Å². The molecule has 1 unspecified atom stereocenters. The van der Waals surface area contributed by atoms with Crippen LogP contribution in [-0.4, -0.2) is 23.0 Å². The number of hydrogen-bond acceptors (Lipinski definition) is 6. The van der Waals surface area contributed by atoms with Crippen molar-refractivity contribution >= 4 is 50.3 Å². The Morgan fingerprint density at radius 2 is 2.11 bits per heavy atom. The molecule has 0 amide bonds. The summed E-state index contributed by atoms with van der Waals surface area (Å²) >= 11 is 8.32. The molecule has 1 rings (SSSR count). The molecule has 18 heavy (non-hydrogen) atoms. The molecule has 3 nitrogen and oxygen atoms in total. The highest BCUT2D eigenvalue weighted by Crippen LogP contribution is 2.67. The highest BCUT2D eigenvalue weighted by molar-refractivity contribution is 9.02. The SMILES string of the molecule is C=CC(=O)OCSP(=S)(SCO)c1ccccc1. The summed E-state index contributed by atoms with van der Waals surface area (Å²) in [4.78, 5) is 11.0. The number of aliphatic hydroxyl groups excluding tert-OH is 1. The van der Waals surface area contributed by atoms with E-state index in [4.69, 9.17) is 21.7 Å². The lowest BCUT2D eigenvalue weighted by Gasteiger charge is -2.19. The first kappa shape index (κ1) is 15.8. The van der Waals surface area contributed by atoms with E-state index in [1.165, 1.54) is 22.8 Å². The first-order valence-corrected chi connectivity index (χ1v) is 11.0. The number of ether oxygens (including phenoxy) is 1. The Balaban J connectivity index is 2.72. The molecule has 7 heteroatoms. The van der Waals surface area contributed by atoms with Crippen molar-refractivity contribution in [2.45, 2.75) is 0 Å². The van der Waals surface area contributed by atoms with Gasteiger partial charge in [-0.1, -0.05) is 71.5 Å². The Kier molecular flexibility index (Phi) is 7.04. The van der Waals surface area contributed by atoms with Gasteiger partial charge >= 0.3 is 5.97 Å². The van der Waals surface area contributed by atoms with Crippen LogP contribution in [0, 0.1) is 0 Å². The number of hydrogen-bond donors (Lipinski definition) is 1. The molecule has 98 valence electrons. The zero-order chi connectivity index (χ0) is 13.4. The van der Waals surface area contributed by atoms with Crippen LogP contribution in [0.5, 0.6) is 0 Å². The predicted octanol–water partition coefficient (Wildman–Crippen LogP) is 2.72. The molecule has 0 heterocycles. The van der Waals surface area contributed by atoms with E-state index >= 15 is 0 Å². The van der Waals surface area contributed by atoms with Crippen molar-refractivity contribution in [3.05, 3.63) is 43.0 Å². The summed E-state index contributed by atoms with van der Waals surface area (Å²) in [6, 6.07) is 9.60. The third kappa shape index (κ3) is 4.78. The third-order valence-electron chi connectivity index (χ3n) is 1.89. The average molecular weight is 320 g/mol. The van der Waals surface area contributed by atoms with Gasteiger partial charge in [0, 0.05) is 11.4 Å². The van der Waals surface area contributed by atoms with E-state index in [2.05, 4.69) is 6.58 Å². The number of carbonyl (C=O) groups excluding carboxylic acids is 1. The number of rotatable bonds is 7. The van der Waals surface area contributed by atoms with E-state index < -0.39 is 10.4 Å². The molecule has 1 aromatic rings. The highest BCUT2D eigenvalue weighted by Gasteiger charge is 2.21. The van der Waals surface area contributed by atoms with Crippen molar-refractivity contribution in [2.24, 2.45) is 0 Å². The molecule has 1 aromatic carbocycles. The molecule has 0 aliphatic carbocycles. The first-order valence-electron chi connectivity index (χ1n) is 4.97. The predicted molar refractivity (Wildman–Crippen MR) is 83.8 cm³/mol. The van der Waals surface area contributed by atoms with Gasteiger partial charge in [0.05, 0.1) is 10.4 Å². The molecule has 0 saturated heterocycles. The lowest BCUT2D eigenvalue weighted by atomic mass is 10.4. The monoisotopic (exact) mass is 320 g/mol. The van der Waals surface area contributed by atoms with Gasteiger partial charge in [0.25, 0.3) is 0 Å². The maximum Gasteiger partial charge on any atom is 0.330 e. The van der Waals surface area contributed by atoms with Gasteiger partial charge in [-0.05, 0) is 0 Å². The summed E-state index contributed by atoms with van der Waals surface area (Å²) in [5.41, 5.74) is 0. The Morgan fingerprint density at radius 1 is 1.44 bits per heavy atom. The van der Waals surface area contributed by atoms with Crippen molar-refractivity contribution in [3.63, 3.8) is 0 Å². The van der Waals surface area contributed by atoms with Gasteiger partial charge in [0.15, 0.2) is 0 Å². The van der Waals surface area contributed by atoms with Gasteiger partial charge in [0.2, 0.25) is 0 Å². The van der Waals surface area contributed by atoms with E-state index in [0.717, 1.165) is 11.4 Å². The molecule has 1 atom stereocenters. The smallest absolute Gasteiger partial charge is 0.330 e. The summed E-state index contributed by atoms with van der Waals surface area (Å²) in [7, 11) is 0. The molecule has 0 aliphatic rings. The number of esters is 1. The van der Waals surface area contributed by atoms with E-state index in [1.54, 1.807) is 0 Å². The molecule has 0 fully saturated rings. The van der Waals surface area contributed by atoms with Gasteiger partial charge in [0.1, 0.15) is 5.94 Å². The van der Waals surface area contributed by atoms with Crippen molar-refractivity contribution < 1.29 is 14.6 Å². The third-order valence-corrected chi connectivity index (χ3v) is 12.2. The molecule has 0 spiro atoms. The Morgan fingerprint density at radius 3 is 2.67 bits per heavy atom. The fraction of sp³-hybridized carbons (Fsp3) is 0.182. The van der Waals surface area contributed by atoms with Crippen LogP contribution in [0.4, 0.5) is 0 Å². The minimum atomic E-state index is -2.03. The number of aliphatic hydroxyl groups is 1. The second-order valence-electron chi connectivity index (χ2n) is 3.01. The van der Waals surface area contributed by atoms with Crippen molar-refractivity contribution in [3.8, 4) is 0 Å². The van der Waals surface area contributed by atoms with Crippen molar-refractivity contribution in [2.75, 3.05) is 11.9 Å². The van der Waals surface area contributed by atoms with Crippen LogP contribution < -0.4 is 5.30 Å². The molecule has 0 saturated carbocycles. The van der Waals surface area contributed by atoms with Gasteiger partial charge in [-0.2, -0.15) is 0 Å². The van der Waals surface area contributed by atoms with Crippen LogP contribution in [0.15, 0.2) is 43.0 Å².